The first-order chi connectivity index (χ1) is 8.30. The number of nitrogens with zero attached hydrogens (tertiary/aromatic N) is 2. The van der Waals surface area contributed by atoms with Crippen LogP contribution >= 0.6 is 0 Å². The highest BCUT2D eigenvalue weighted by molar-refractivity contribution is 6.61. The van der Waals surface area contributed by atoms with Crippen LogP contribution < -0.4 is 5.46 Å². The Balaban J connectivity index is 1.78. The van der Waals surface area contributed by atoms with Gasteiger partial charge in [0.15, 0.2) is 0 Å². The van der Waals surface area contributed by atoms with Gasteiger partial charge in [0.05, 0.1) is 17.2 Å². The van der Waals surface area contributed by atoms with Gasteiger partial charge in [0.2, 0.25) is 0 Å². The van der Waals surface area contributed by atoms with Gasteiger partial charge < -0.3 is 9.31 Å². The molecule has 4 nitrogen and oxygen atoms in total. The average Bonchev–Trinajstić information content (AvgIpc) is 2.73. The molecule has 0 radical (unpaired) electrons. The lowest BCUT2D eigenvalue weighted by atomic mass is 9.82. The molecular formula is C12H18BFN2O2. The van der Waals surface area contributed by atoms with Crippen LogP contribution in [-0.4, -0.2) is 34.3 Å². The summed E-state index contributed by atoms with van der Waals surface area (Å²) in [5.74, 6) is 0. The molecule has 2 aliphatic rings. The number of hydrogen-bond donors (Lipinski definition) is 0. The molecule has 18 heavy (non-hydrogen) atoms. The molecule has 0 spiro atoms. The Morgan fingerprint density at radius 1 is 1.33 bits per heavy atom. The maximum Gasteiger partial charge on any atom is 0.498 e. The summed E-state index contributed by atoms with van der Waals surface area (Å²) in [6, 6.07) is -0.0961. The lowest BCUT2D eigenvalue weighted by Gasteiger charge is -2.32. The van der Waals surface area contributed by atoms with Gasteiger partial charge in [-0.2, -0.15) is 5.10 Å². The molecule has 0 bridgehead atoms. The van der Waals surface area contributed by atoms with E-state index in [-0.39, 0.29) is 17.2 Å². The molecule has 0 unspecified atom stereocenters. The molecule has 0 aromatic carbocycles. The molecule has 3 rings (SSSR count). The summed E-state index contributed by atoms with van der Waals surface area (Å²) in [4.78, 5) is 0. The maximum atomic E-state index is 13.0. The molecule has 1 aromatic rings. The highest BCUT2D eigenvalue weighted by Gasteiger charge is 2.52. The van der Waals surface area contributed by atoms with Crippen molar-refractivity contribution < 1.29 is 13.7 Å². The predicted molar refractivity (Wildman–Crippen MR) is 66.5 cm³/mol. The molecule has 1 aliphatic heterocycles. The molecule has 0 N–H and O–H groups in total. The van der Waals surface area contributed by atoms with Gasteiger partial charge in [-0.25, -0.2) is 4.39 Å². The molecule has 2 atom stereocenters. The Morgan fingerprint density at radius 3 is 2.39 bits per heavy atom. The van der Waals surface area contributed by atoms with Gasteiger partial charge in [-0.15, -0.1) is 0 Å². The quantitative estimate of drug-likeness (QED) is 0.748. The number of aromatic nitrogens is 2. The average molecular weight is 252 g/mol. The molecule has 98 valence electrons. The van der Waals surface area contributed by atoms with Crippen molar-refractivity contribution in [2.45, 2.75) is 57.5 Å². The molecule has 2 heterocycles. The predicted octanol–water partition coefficient (Wildman–Crippen LogP) is 1.47. The number of rotatable bonds is 2. The molecular weight excluding hydrogens is 234 g/mol. The van der Waals surface area contributed by atoms with E-state index in [4.69, 9.17) is 9.31 Å². The van der Waals surface area contributed by atoms with E-state index >= 15 is 0 Å². The van der Waals surface area contributed by atoms with Crippen molar-refractivity contribution in [2.24, 2.45) is 0 Å². The summed E-state index contributed by atoms with van der Waals surface area (Å²) < 4.78 is 26.5. The van der Waals surface area contributed by atoms with Crippen LogP contribution in [0.25, 0.3) is 0 Å². The summed E-state index contributed by atoms with van der Waals surface area (Å²) in [7, 11) is -0.416. The molecule has 0 amide bonds. The summed E-state index contributed by atoms with van der Waals surface area (Å²) in [5, 5.41) is 4.19. The Hall–Kier alpha value is -0.875. The normalized spacial score (nSPS) is 32.8. The zero-order valence-corrected chi connectivity index (χ0v) is 11.2. The van der Waals surface area contributed by atoms with Crippen molar-refractivity contribution in [1.82, 2.24) is 9.78 Å². The van der Waals surface area contributed by atoms with Gasteiger partial charge >= 0.3 is 7.12 Å². The fourth-order valence-corrected chi connectivity index (χ4v) is 2.06. The second-order valence-electron chi connectivity index (χ2n) is 6.16. The topological polar surface area (TPSA) is 36.3 Å². The first-order valence-corrected chi connectivity index (χ1v) is 6.34. The molecule has 1 aromatic heterocycles. The summed E-state index contributed by atoms with van der Waals surface area (Å²) in [6.07, 6.45) is 3.33. The minimum atomic E-state index is -0.754. The van der Waals surface area contributed by atoms with Gasteiger partial charge in [0.1, 0.15) is 6.17 Å². The summed E-state index contributed by atoms with van der Waals surface area (Å²) >= 11 is 0. The SMILES string of the molecule is CC1(C)OB(c2cnn([C@@H]3C[C@@H]3F)c2)OC1(C)C. The summed E-state index contributed by atoms with van der Waals surface area (Å²) in [5.41, 5.74) is 0.136. The van der Waals surface area contributed by atoms with Crippen molar-refractivity contribution in [3.05, 3.63) is 12.4 Å². The smallest absolute Gasteiger partial charge is 0.399 e. The van der Waals surface area contributed by atoms with Gasteiger partial charge in [0.25, 0.3) is 0 Å². The van der Waals surface area contributed by atoms with Crippen LogP contribution in [0.2, 0.25) is 0 Å². The van der Waals surface area contributed by atoms with E-state index in [1.165, 1.54) is 0 Å². The van der Waals surface area contributed by atoms with Gasteiger partial charge in [-0.1, -0.05) is 0 Å². The van der Waals surface area contributed by atoms with Crippen LogP contribution in [-0.2, 0) is 9.31 Å². The van der Waals surface area contributed by atoms with Crippen LogP contribution in [0.5, 0.6) is 0 Å². The fraction of sp³-hybridized carbons (Fsp3) is 0.750. The number of hydrogen-bond acceptors (Lipinski definition) is 3. The first-order valence-electron chi connectivity index (χ1n) is 6.34. The third-order valence-electron chi connectivity index (χ3n) is 4.17. The molecule has 2 fully saturated rings. The summed E-state index contributed by atoms with van der Waals surface area (Å²) in [6.45, 7) is 8.04. The lowest BCUT2D eigenvalue weighted by Crippen LogP contribution is -2.41. The van der Waals surface area contributed by atoms with Gasteiger partial charge in [-0.05, 0) is 27.7 Å². The molecule has 1 saturated carbocycles. The number of alkyl halides is 1. The highest BCUT2D eigenvalue weighted by Crippen LogP contribution is 2.39. The Bertz CT molecular complexity index is 458. The molecule has 6 heteroatoms. The van der Waals surface area contributed by atoms with Gasteiger partial charge in [-0.3, -0.25) is 4.68 Å². The maximum absolute atomic E-state index is 13.0. The number of halogens is 1. The Labute approximate surface area is 107 Å². The molecule has 1 saturated heterocycles. The lowest BCUT2D eigenvalue weighted by molar-refractivity contribution is 0.00578. The standard InChI is InChI=1S/C12H18BFN2O2/c1-11(2)12(3,4)18-13(17-11)8-6-15-16(7-8)10-5-9(10)14/h6-7,9-10H,5H2,1-4H3/t9-,10+/m0/s1. The minimum absolute atomic E-state index is 0.0961. The van der Waals surface area contributed by atoms with E-state index in [0.29, 0.717) is 6.42 Å². The fourth-order valence-electron chi connectivity index (χ4n) is 2.06. The van der Waals surface area contributed by atoms with Crippen LogP contribution in [0.3, 0.4) is 0 Å². The van der Waals surface area contributed by atoms with Gasteiger partial charge in [0, 0.05) is 24.3 Å². The second-order valence-corrected chi connectivity index (χ2v) is 6.16. The van der Waals surface area contributed by atoms with E-state index in [1.807, 2.05) is 33.9 Å². The second kappa shape index (κ2) is 3.57. The zero-order chi connectivity index (χ0) is 13.1. The van der Waals surface area contributed by atoms with Crippen LogP contribution in [0, 0.1) is 0 Å². The van der Waals surface area contributed by atoms with E-state index < -0.39 is 13.3 Å². The largest absolute Gasteiger partial charge is 0.498 e. The van der Waals surface area contributed by atoms with Crippen LogP contribution in [0.15, 0.2) is 12.4 Å². The third-order valence-corrected chi connectivity index (χ3v) is 4.17. The first kappa shape index (κ1) is 12.2. The minimum Gasteiger partial charge on any atom is -0.399 e. The Morgan fingerprint density at radius 2 is 1.89 bits per heavy atom. The highest BCUT2D eigenvalue weighted by atomic mass is 19.1. The van der Waals surface area contributed by atoms with Crippen LogP contribution in [0.1, 0.15) is 40.2 Å². The molecule has 1 aliphatic carbocycles. The zero-order valence-electron chi connectivity index (χ0n) is 11.2. The van der Waals surface area contributed by atoms with Crippen molar-refractivity contribution in [3.63, 3.8) is 0 Å². The third kappa shape index (κ3) is 1.78. The van der Waals surface area contributed by atoms with E-state index in [1.54, 1.807) is 10.9 Å². The monoisotopic (exact) mass is 252 g/mol. The van der Waals surface area contributed by atoms with Crippen LogP contribution in [0.4, 0.5) is 4.39 Å². The van der Waals surface area contributed by atoms with Crippen molar-refractivity contribution in [1.29, 1.82) is 0 Å². The van der Waals surface area contributed by atoms with Crippen molar-refractivity contribution in [3.8, 4) is 0 Å². The Kier molecular flexibility index (Phi) is 2.42. The van der Waals surface area contributed by atoms with E-state index in [0.717, 1.165) is 5.46 Å². The van der Waals surface area contributed by atoms with Crippen molar-refractivity contribution >= 4 is 12.6 Å². The van der Waals surface area contributed by atoms with E-state index in [9.17, 15) is 4.39 Å². The van der Waals surface area contributed by atoms with E-state index in [2.05, 4.69) is 5.10 Å². The van der Waals surface area contributed by atoms with Crippen molar-refractivity contribution in [2.75, 3.05) is 0 Å².